The van der Waals surface area contributed by atoms with Crippen LogP contribution < -0.4 is 0 Å². The Morgan fingerprint density at radius 1 is 1.14 bits per heavy atom. The summed E-state index contributed by atoms with van der Waals surface area (Å²) in [4.78, 5) is 17.6. The summed E-state index contributed by atoms with van der Waals surface area (Å²) in [7, 11) is 0. The zero-order valence-electron chi connectivity index (χ0n) is 17.5. The zero-order chi connectivity index (χ0) is 21.2. The number of aryl methyl sites for hydroxylation is 1. The highest BCUT2D eigenvalue weighted by molar-refractivity contribution is 5.80. The van der Waals surface area contributed by atoms with Crippen LogP contribution in [0.15, 0.2) is 42.5 Å². The van der Waals surface area contributed by atoms with Gasteiger partial charge < -0.3 is 20.0 Å². The molecule has 0 aliphatic carbocycles. The molecule has 3 N–H and O–H groups in total. The van der Waals surface area contributed by atoms with Crippen molar-refractivity contribution >= 4 is 17.3 Å². The molecule has 0 unspecified atom stereocenters. The summed E-state index contributed by atoms with van der Waals surface area (Å²) in [6.07, 6.45) is 2.98. The summed E-state index contributed by atoms with van der Waals surface area (Å²) in [5.41, 5.74) is 3.90. The van der Waals surface area contributed by atoms with Crippen LogP contribution in [0, 0.1) is 12.3 Å². The lowest BCUT2D eigenvalue weighted by atomic mass is 10.0. The summed E-state index contributed by atoms with van der Waals surface area (Å²) < 4.78 is 0. The molecule has 0 atom stereocenters. The molecule has 0 spiro atoms. The molecule has 0 fully saturated rings. The minimum absolute atomic E-state index is 0.139. The third-order valence-electron chi connectivity index (χ3n) is 3.62. The molecule has 3 rings (SSSR count). The molecule has 0 saturated carbocycles. The number of nitrogens with one attached hydrogen (secondary N) is 1. The molecule has 0 saturated heterocycles. The van der Waals surface area contributed by atoms with Crippen LogP contribution >= 0.6 is 0 Å². The molecular formula is C23H32N2O3. The first-order chi connectivity index (χ1) is 13.2. The minimum atomic E-state index is -0.139. The highest BCUT2D eigenvalue weighted by atomic mass is 16.3. The number of imidazole rings is 1. The van der Waals surface area contributed by atoms with Crippen LogP contribution in [-0.2, 0) is 4.79 Å². The van der Waals surface area contributed by atoms with Crippen LogP contribution in [0.3, 0.4) is 0 Å². The number of fused-ring (bicyclic) bond motifs is 1. The molecule has 5 nitrogen and oxygen atoms in total. The van der Waals surface area contributed by atoms with Crippen molar-refractivity contribution < 1.29 is 15.0 Å². The van der Waals surface area contributed by atoms with E-state index in [0.29, 0.717) is 6.61 Å². The molecule has 3 aromatic rings. The van der Waals surface area contributed by atoms with E-state index in [4.69, 9.17) is 5.11 Å². The van der Waals surface area contributed by atoms with Gasteiger partial charge >= 0.3 is 0 Å². The molecule has 152 valence electrons. The third kappa shape index (κ3) is 8.35. The van der Waals surface area contributed by atoms with Crippen molar-refractivity contribution in [2.45, 2.75) is 47.5 Å². The number of nitrogens with zero attached hydrogens (tertiary/aromatic N) is 1. The van der Waals surface area contributed by atoms with Gasteiger partial charge in [-0.25, -0.2) is 4.98 Å². The van der Waals surface area contributed by atoms with E-state index in [0.717, 1.165) is 41.5 Å². The molecule has 2 aromatic carbocycles. The van der Waals surface area contributed by atoms with E-state index in [2.05, 4.69) is 23.0 Å². The van der Waals surface area contributed by atoms with Gasteiger partial charge in [-0.2, -0.15) is 0 Å². The molecular weight excluding hydrogens is 352 g/mol. The second kappa shape index (κ2) is 11.2. The molecule has 0 bridgehead atoms. The maximum Gasteiger partial charge on any atom is 0.138 e. The molecule has 1 heterocycles. The average Bonchev–Trinajstić information content (AvgIpc) is 3.06. The largest absolute Gasteiger partial charge is 0.508 e. The van der Waals surface area contributed by atoms with E-state index in [1.165, 1.54) is 5.56 Å². The van der Waals surface area contributed by atoms with Crippen molar-refractivity contribution in [2.24, 2.45) is 5.41 Å². The van der Waals surface area contributed by atoms with Crippen LogP contribution in [0.1, 0.15) is 46.1 Å². The number of rotatable bonds is 3. The van der Waals surface area contributed by atoms with Gasteiger partial charge in [-0.3, -0.25) is 0 Å². The fraction of sp³-hybridized carbons (Fsp3) is 0.391. The van der Waals surface area contributed by atoms with Gasteiger partial charge in [0, 0.05) is 17.6 Å². The number of unbranched alkanes of at least 4 members (excludes halogenated alkanes) is 1. The van der Waals surface area contributed by atoms with Gasteiger partial charge in [-0.1, -0.05) is 52.3 Å². The lowest BCUT2D eigenvalue weighted by Gasteiger charge is -2.03. The Morgan fingerprint density at radius 2 is 1.82 bits per heavy atom. The lowest BCUT2D eigenvalue weighted by molar-refractivity contribution is -0.113. The van der Waals surface area contributed by atoms with Gasteiger partial charge in [-0.15, -0.1) is 0 Å². The van der Waals surface area contributed by atoms with Crippen LogP contribution in [0.2, 0.25) is 0 Å². The Hall–Kier alpha value is -2.66. The Balaban J connectivity index is 0.000000298. The van der Waals surface area contributed by atoms with Gasteiger partial charge in [0.25, 0.3) is 0 Å². The monoisotopic (exact) mass is 384 g/mol. The maximum atomic E-state index is 9.83. The predicted molar refractivity (Wildman–Crippen MR) is 115 cm³/mol. The number of hydrogen-bond acceptors (Lipinski definition) is 4. The Morgan fingerprint density at radius 3 is 2.32 bits per heavy atom. The van der Waals surface area contributed by atoms with E-state index >= 15 is 0 Å². The quantitative estimate of drug-likeness (QED) is 0.538. The molecule has 28 heavy (non-hydrogen) atoms. The number of phenols is 1. The normalized spacial score (nSPS) is 10.5. The topological polar surface area (TPSA) is 86.2 Å². The van der Waals surface area contributed by atoms with Crippen molar-refractivity contribution in [3.05, 3.63) is 48.0 Å². The van der Waals surface area contributed by atoms with E-state index < -0.39 is 0 Å². The summed E-state index contributed by atoms with van der Waals surface area (Å²) in [5, 5.41) is 17.5. The van der Waals surface area contributed by atoms with E-state index in [-0.39, 0.29) is 11.2 Å². The van der Waals surface area contributed by atoms with Crippen LogP contribution in [0.5, 0.6) is 5.75 Å². The number of carbonyl (C=O) groups is 1. The highest BCUT2D eigenvalue weighted by Crippen LogP contribution is 2.23. The fourth-order valence-electron chi connectivity index (χ4n) is 2.07. The van der Waals surface area contributed by atoms with Gasteiger partial charge in [-0.05, 0) is 43.2 Å². The number of H-pyrrole nitrogens is 1. The van der Waals surface area contributed by atoms with Gasteiger partial charge in [0.2, 0.25) is 0 Å². The van der Waals surface area contributed by atoms with Crippen molar-refractivity contribution in [3.8, 4) is 17.1 Å². The first kappa shape index (κ1) is 23.4. The van der Waals surface area contributed by atoms with E-state index in [9.17, 15) is 9.90 Å². The minimum Gasteiger partial charge on any atom is -0.508 e. The van der Waals surface area contributed by atoms with Gasteiger partial charge in [0.1, 0.15) is 17.9 Å². The molecule has 1 aromatic heterocycles. The Bertz CT molecular complexity index is 862. The summed E-state index contributed by atoms with van der Waals surface area (Å²) in [5.74, 6) is 1.03. The van der Waals surface area contributed by atoms with E-state index in [1.54, 1.807) is 12.1 Å². The third-order valence-corrected chi connectivity index (χ3v) is 3.62. The maximum absolute atomic E-state index is 9.83. The average molecular weight is 385 g/mol. The van der Waals surface area contributed by atoms with Crippen molar-refractivity contribution in [1.82, 2.24) is 9.97 Å². The van der Waals surface area contributed by atoms with Crippen LogP contribution in [0.4, 0.5) is 0 Å². The smallest absolute Gasteiger partial charge is 0.138 e. The van der Waals surface area contributed by atoms with Crippen molar-refractivity contribution in [2.75, 3.05) is 6.61 Å². The number of aliphatic hydroxyl groups is 1. The van der Waals surface area contributed by atoms with Gasteiger partial charge in [0.15, 0.2) is 0 Å². The van der Waals surface area contributed by atoms with Crippen LogP contribution in [-0.4, -0.2) is 33.1 Å². The molecule has 0 radical (unpaired) electrons. The zero-order valence-corrected chi connectivity index (χ0v) is 17.5. The Kier molecular flexibility index (Phi) is 9.39. The number of aldehydes is 1. The van der Waals surface area contributed by atoms with E-state index in [1.807, 2.05) is 52.0 Å². The lowest BCUT2D eigenvalue weighted by Crippen LogP contribution is -2.04. The second-order valence-electron chi connectivity index (χ2n) is 7.72. The molecule has 5 heteroatoms. The summed E-state index contributed by atoms with van der Waals surface area (Å²) in [6, 6.07) is 13.2. The number of phenolic OH excluding ortho intramolecular Hbond substituents is 1. The SMILES string of the molecule is CC(C)(C)C=O.CCCCO.Cc1ccc2nc(-c3cccc(O)c3)[nH]c2c1. The van der Waals surface area contributed by atoms with Crippen LogP contribution in [0.25, 0.3) is 22.4 Å². The summed E-state index contributed by atoms with van der Waals surface area (Å²) in [6.45, 7) is 10.1. The number of hydrogen-bond donors (Lipinski definition) is 3. The second-order valence-corrected chi connectivity index (χ2v) is 7.72. The predicted octanol–water partition coefficient (Wildman–Crippen LogP) is 5.25. The fourth-order valence-corrected chi connectivity index (χ4v) is 2.07. The number of aromatic nitrogens is 2. The molecule has 0 aliphatic heterocycles. The summed E-state index contributed by atoms with van der Waals surface area (Å²) >= 11 is 0. The number of aliphatic hydroxyl groups excluding tert-OH is 1. The number of carbonyl (C=O) groups excluding carboxylic acids is 1. The molecule has 0 amide bonds. The molecule has 0 aliphatic rings. The van der Waals surface area contributed by atoms with Crippen molar-refractivity contribution in [3.63, 3.8) is 0 Å². The highest BCUT2D eigenvalue weighted by Gasteiger charge is 2.06. The first-order valence-electron chi connectivity index (χ1n) is 9.53. The number of aromatic amines is 1. The van der Waals surface area contributed by atoms with Gasteiger partial charge in [0.05, 0.1) is 11.0 Å². The number of benzene rings is 2. The standard InChI is InChI=1S/C14H12N2O.C5H10O.C4H10O/c1-9-5-6-12-13(7-9)16-14(15-12)10-3-2-4-11(17)8-10;1-5(2,3)4-6;1-2-3-4-5/h2-8,17H,1H3,(H,15,16);4H,1-3H3;5H,2-4H2,1H3. The number of aromatic hydroxyl groups is 1. The Labute approximate surface area is 167 Å². The first-order valence-corrected chi connectivity index (χ1v) is 9.53. The van der Waals surface area contributed by atoms with Crippen molar-refractivity contribution in [1.29, 1.82) is 0 Å².